The fourth-order valence-electron chi connectivity index (χ4n) is 3.02. The summed E-state index contributed by atoms with van der Waals surface area (Å²) in [6, 6.07) is 8.54. The van der Waals surface area contributed by atoms with Crippen LogP contribution in [0.25, 0.3) is 11.3 Å². The summed E-state index contributed by atoms with van der Waals surface area (Å²) in [5.74, 6) is -0.530. The molecule has 2 aromatic carbocycles. The van der Waals surface area contributed by atoms with Gasteiger partial charge in [0.15, 0.2) is 0 Å². The number of aromatic nitrogens is 2. The zero-order chi connectivity index (χ0) is 25.3. The largest absolute Gasteiger partial charge is 0.497 e. The zero-order valence-corrected chi connectivity index (χ0v) is 17.7. The molecular formula is C22H17F6N3O3. The van der Waals surface area contributed by atoms with Crippen molar-refractivity contribution in [2.75, 3.05) is 12.4 Å². The normalized spacial score (nSPS) is 12.8. The maximum atomic E-state index is 13.1. The van der Waals surface area contributed by atoms with Gasteiger partial charge in [0.1, 0.15) is 11.8 Å². The van der Waals surface area contributed by atoms with Gasteiger partial charge < -0.3 is 10.1 Å². The Kier molecular flexibility index (Phi) is 6.71. The second kappa shape index (κ2) is 9.20. The minimum absolute atomic E-state index is 0.0528. The van der Waals surface area contributed by atoms with Crippen molar-refractivity contribution >= 4 is 11.6 Å². The summed E-state index contributed by atoms with van der Waals surface area (Å²) in [6.07, 6.45) is -10.1. The predicted molar refractivity (Wildman–Crippen MR) is 110 cm³/mol. The molecule has 1 aromatic heterocycles. The van der Waals surface area contributed by atoms with E-state index in [1.54, 1.807) is 24.3 Å². The Hall–Kier alpha value is -3.83. The lowest BCUT2D eigenvalue weighted by Crippen LogP contribution is -2.33. The monoisotopic (exact) mass is 485 g/mol. The van der Waals surface area contributed by atoms with Gasteiger partial charge in [0.25, 0.3) is 5.56 Å². The fourth-order valence-corrected chi connectivity index (χ4v) is 3.02. The number of halogens is 6. The molecule has 12 heteroatoms. The Balaban J connectivity index is 1.94. The minimum atomic E-state index is -5.07. The van der Waals surface area contributed by atoms with Crippen molar-refractivity contribution in [2.24, 2.45) is 0 Å². The van der Waals surface area contributed by atoms with Gasteiger partial charge >= 0.3 is 12.4 Å². The highest BCUT2D eigenvalue weighted by atomic mass is 19.4. The molecule has 1 N–H and O–H groups in total. The first-order valence-electron chi connectivity index (χ1n) is 9.64. The molecule has 0 aliphatic heterocycles. The molecule has 0 saturated heterocycles. The maximum absolute atomic E-state index is 13.1. The average Bonchev–Trinajstić information content (AvgIpc) is 2.77. The number of rotatable bonds is 5. The van der Waals surface area contributed by atoms with Gasteiger partial charge in [-0.05, 0) is 43.3 Å². The Morgan fingerprint density at radius 2 is 1.59 bits per heavy atom. The Bertz CT molecular complexity index is 1240. The average molecular weight is 485 g/mol. The van der Waals surface area contributed by atoms with Crippen LogP contribution in [0.2, 0.25) is 0 Å². The van der Waals surface area contributed by atoms with Gasteiger partial charge in [0.05, 0.1) is 23.9 Å². The number of hydrogen-bond acceptors (Lipinski definition) is 4. The van der Waals surface area contributed by atoms with E-state index in [9.17, 15) is 35.9 Å². The van der Waals surface area contributed by atoms with E-state index in [2.05, 4.69) is 5.10 Å². The summed E-state index contributed by atoms with van der Waals surface area (Å²) < 4.78 is 84.3. The molecule has 34 heavy (non-hydrogen) atoms. The van der Waals surface area contributed by atoms with E-state index < -0.39 is 46.7 Å². The van der Waals surface area contributed by atoms with Crippen LogP contribution in [0.4, 0.5) is 32.0 Å². The number of methoxy groups -OCH3 is 1. The van der Waals surface area contributed by atoms with Gasteiger partial charge in [-0.15, -0.1) is 0 Å². The summed E-state index contributed by atoms with van der Waals surface area (Å²) in [7, 11) is 1.46. The first-order chi connectivity index (χ1) is 15.8. The summed E-state index contributed by atoms with van der Waals surface area (Å²) in [5, 5.41) is 6.13. The molecule has 0 fully saturated rings. The molecule has 180 valence electrons. The number of ether oxygens (including phenoxy) is 1. The van der Waals surface area contributed by atoms with Crippen molar-refractivity contribution in [1.82, 2.24) is 9.78 Å². The lowest BCUT2D eigenvalue weighted by atomic mass is 10.1. The number of nitrogens with one attached hydrogen (secondary N) is 1. The van der Waals surface area contributed by atoms with Crippen molar-refractivity contribution in [2.45, 2.75) is 25.3 Å². The van der Waals surface area contributed by atoms with E-state index in [0.717, 1.165) is 10.7 Å². The smallest absolute Gasteiger partial charge is 0.416 e. The van der Waals surface area contributed by atoms with Crippen LogP contribution >= 0.6 is 0 Å². The molecule has 0 radical (unpaired) electrons. The van der Waals surface area contributed by atoms with Crippen molar-refractivity contribution < 1.29 is 35.9 Å². The summed E-state index contributed by atoms with van der Waals surface area (Å²) in [6.45, 7) is 1.23. The predicted octanol–water partition coefficient (Wildman–Crippen LogP) is 5.16. The van der Waals surface area contributed by atoms with Gasteiger partial charge in [-0.3, -0.25) is 9.59 Å². The van der Waals surface area contributed by atoms with Crippen LogP contribution in [0.3, 0.4) is 0 Å². The quantitative estimate of drug-likeness (QED) is 0.507. The molecule has 3 aromatic rings. The number of amides is 1. The maximum Gasteiger partial charge on any atom is 0.416 e. The Labute approximate surface area is 188 Å². The highest BCUT2D eigenvalue weighted by molar-refractivity contribution is 5.93. The van der Waals surface area contributed by atoms with Crippen LogP contribution in [-0.2, 0) is 17.1 Å². The second-order valence-electron chi connectivity index (χ2n) is 7.19. The van der Waals surface area contributed by atoms with E-state index in [0.29, 0.717) is 23.4 Å². The first-order valence-corrected chi connectivity index (χ1v) is 9.64. The SMILES string of the molecule is COc1cccc(-c2ccc(=O)n(C(C)C(=O)Nc3cc(C(F)(F)F)cc(C(F)(F)F)c3)n2)c1. The van der Waals surface area contributed by atoms with Crippen LogP contribution < -0.4 is 15.6 Å². The van der Waals surface area contributed by atoms with Crippen LogP contribution in [0.5, 0.6) is 5.75 Å². The van der Waals surface area contributed by atoms with E-state index in [-0.39, 0.29) is 11.8 Å². The van der Waals surface area contributed by atoms with Gasteiger partial charge in [0, 0.05) is 17.3 Å². The van der Waals surface area contributed by atoms with Crippen LogP contribution in [0.1, 0.15) is 24.1 Å². The Morgan fingerprint density at radius 1 is 0.971 bits per heavy atom. The molecule has 0 saturated carbocycles. The molecule has 1 atom stereocenters. The minimum Gasteiger partial charge on any atom is -0.497 e. The van der Waals surface area contributed by atoms with Crippen LogP contribution in [0, 0.1) is 0 Å². The van der Waals surface area contributed by atoms with Gasteiger partial charge in [0.2, 0.25) is 5.91 Å². The first kappa shape index (κ1) is 24.8. The lowest BCUT2D eigenvalue weighted by molar-refractivity contribution is -0.143. The molecule has 1 amide bonds. The number of nitrogens with zero attached hydrogens (tertiary/aromatic N) is 2. The van der Waals surface area contributed by atoms with Crippen LogP contribution in [0.15, 0.2) is 59.4 Å². The molecule has 1 unspecified atom stereocenters. The molecule has 6 nitrogen and oxygen atoms in total. The molecule has 1 heterocycles. The van der Waals surface area contributed by atoms with Crippen molar-refractivity contribution in [1.29, 1.82) is 0 Å². The number of hydrogen-bond donors (Lipinski definition) is 1. The Morgan fingerprint density at radius 3 is 2.15 bits per heavy atom. The van der Waals surface area contributed by atoms with E-state index in [1.807, 2.05) is 5.32 Å². The van der Waals surface area contributed by atoms with E-state index in [1.165, 1.54) is 20.1 Å². The van der Waals surface area contributed by atoms with Gasteiger partial charge in [-0.25, -0.2) is 4.68 Å². The third-order valence-corrected chi connectivity index (χ3v) is 4.79. The molecule has 0 bridgehead atoms. The highest BCUT2D eigenvalue weighted by Crippen LogP contribution is 2.37. The fraction of sp³-hybridized carbons (Fsp3) is 0.227. The van der Waals surface area contributed by atoms with Crippen molar-refractivity contribution in [3.05, 3.63) is 76.1 Å². The topological polar surface area (TPSA) is 73.2 Å². The van der Waals surface area contributed by atoms with E-state index in [4.69, 9.17) is 4.74 Å². The van der Waals surface area contributed by atoms with Gasteiger partial charge in [-0.2, -0.15) is 31.4 Å². The zero-order valence-electron chi connectivity index (χ0n) is 17.7. The number of anilines is 1. The number of benzene rings is 2. The van der Waals surface area contributed by atoms with Crippen LogP contribution in [-0.4, -0.2) is 22.8 Å². The summed E-state index contributed by atoms with van der Waals surface area (Å²) in [5.41, 5.74) is -3.75. The molecule has 3 rings (SSSR count). The molecular weight excluding hydrogens is 468 g/mol. The van der Waals surface area contributed by atoms with Gasteiger partial charge in [-0.1, -0.05) is 12.1 Å². The standard InChI is InChI=1S/C22H17F6N3O3/c1-12(31-19(32)7-6-18(30-31)13-4-3-5-17(8-13)34-2)20(33)29-16-10-14(21(23,24)25)9-15(11-16)22(26,27)28/h3-12H,1-2H3,(H,29,33). The second-order valence-corrected chi connectivity index (χ2v) is 7.19. The highest BCUT2D eigenvalue weighted by Gasteiger charge is 2.37. The molecule has 0 spiro atoms. The summed E-state index contributed by atoms with van der Waals surface area (Å²) in [4.78, 5) is 24.9. The van der Waals surface area contributed by atoms with E-state index >= 15 is 0 Å². The number of carbonyl (C=O) groups excluding carboxylic acids is 1. The van der Waals surface area contributed by atoms with Crippen molar-refractivity contribution in [3.8, 4) is 17.0 Å². The number of alkyl halides is 6. The third kappa shape index (κ3) is 5.56. The number of carbonyl (C=O) groups is 1. The molecule has 0 aliphatic rings. The molecule has 0 aliphatic carbocycles. The summed E-state index contributed by atoms with van der Waals surface area (Å²) >= 11 is 0. The lowest BCUT2D eigenvalue weighted by Gasteiger charge is -2.17. The third-order valence-electron chi connectivity index (χ3n) is 4.79. The van der Waals surface area contributed by atoms with Crippen molar-refractivity contribution in [3.63, 3.8) is 0 Å².